The fourth-order valence-electron chi connectivity index (χ4n) is 2.52. The molecule has 0 saturated carbocycles. The third-order valence-corrected chi connectivity index (χ3v) is 6.78. The van der Waals surface area contributed by atoms with Crippen molar-refractivity contribution in [3.8, 4) is 0 Å². The van der Waals surface area contributed by atoms with E-state index in [4.69, 9.17) is 0 Å². The second kappa shape index (κ2) is 7.07. The molecule has 0 N–H and O–H groups in total. The number of amides is 2. The lowest BCUT2D eigenvalue weighted by molar-refractivity contribution is -0.129. The van der Waals surface area contributed by atoms with E-state index in [1.807, 2.05) is 34.7 Å². The summed E-state index contributed by atoms with van der Waals surface area (Å²) in [6, 6.07) is 5.78. The molecule has 0 radical (unpaired) electrons. The number of likely N-dealkylation sites (N-methyl/N-ethyl adjacent to an activating group) is 1. The average Bonchev–Trinajstić information content (AvgIpc) is 3.27. The molecule has 0 spiro atoms. The lowest BCUT2D eigenvalue weighted by Gasteiger charge is -2.26. The maximum Gasteiger partial charge on any atom is 0.263 e. The van der Waals surface area contributed by atoms with Gasteiger partial charge in [0.1, 0.15) is 5.37 Å². The van der Waals surface area contributed by atoms with E-state index in [1.54, 1.807) is 35.0 Å². The molecule has 0 unspecified atom stereocenters. The first kappa shape index (κ1) is 16.5. The van der Waals surface area contributed by atoms with E-state index >= 15 is 0 Å². The molecule has 3 rings (SSSR count). The number of nitrogens with zero attached hydrogens (tertiary/aromatic N) is 2. The summed E-state index contributed by atoms with van der Waals surface area (Å²) in [4.78, 5) is 29.0. The quantitative estimate of drug-likeness (QED) is 0.813. The number of hydrogen-bond donors (Lipinski definition) is 0. The molecule has 2 amide bonds. The predicted molar refractivity (Wildman–Crippen MR) is 97.1 cm³/mol. The maximum atomic E-state index is 12.4. The third-order valence-electron chi connectivity index (χ3n) is 3.83. The van der Waals surface area contributed by atoms with E-state index in [2.05, 4.69) is 11.4 Å². The first-order chi connectivity index (χ1) is 11.1. The second-order valence-electron chi connectivity index (χ2n) is 5.42. The molecule has 2 atom stereocenters. The molecule has 1 aliphatic heterocycles. The van der Waals surface area contributed by atoms with Crippen molar-refractivity contribution in [3.63, 3.8) is 0 Å². The van der Waals surface area contributed by atoms with Crippen LogP contribution >= 0.6 is 34.4 Å². The summed E-state index contributed by atoms with van der Waals surface area (Å²) in [5.74, 6) is 0.169. The van der Waals surface area contributed by atoms with Crippen molar-refractivity contribution in [2.24, 2.45) is 0 Å². The van der Waals surface area contributed by atoms with Gasteiger partial charge in [0.2, 0.25) is 5.91 Å². The SMILES string of the molecule is C[C@@H]1S[C@@H](c2ccsc2)N(CCN(C)C(=O)c2cccs2)C1=O. The predicted octanol–water partition coefficient (Wildman–Crippen LogP) is 3.54. The minimum absolute atomic E-state index is 0.0134. The lowest BCUT2D eigenvalue weighted by atomic mass is 10.2. The summed E-state index contributed by atoms with van der Waals surface area (Å²) >= 11 is 4.77. The highest BCUT2D eigenvalue weighted by atomic mass is 32.2. The van der Waals surface area contributed by atoms with Crippen molar-refractivity contribution in [1.29, 1.82) is 0 Å². The van der Waals surface area contributed by atoms with Gasteiger partial charge in [-0.1, -0.05) is 6.07 Å². The van der Waals surface area contributed by atoms with Crippen LogP contribution in [0, 0.1) is 0 Å². The summed E-state index contributed by atoms with van der Waals surface area (Å²) in [5, 5.41) is 6.06. The van der Waals surface area contributed by atoms with Crippen molar-refractivity contribution in [2.45, 2.75) is 17.5 Å². The van der Waals surface area contributed by atoms with Crippen LogP contribution in [-0.2, 0) is 4.79 Å². The van der Waals surface area contributed by atoms with E-state index < -0.39 is 0 Å². The molecule has 2 aromatic heterocycles. The minimum atomic E-state index is -0.0294. The zero-order valence-electron chi connectivity index (χ0n) is 13.0. The third kappa shape index (κ3) is 3.46. The zero-order chi connectivity index (χ0) is 16.4. The Morgan fingerprint density at radius 2 is 2.17 bits per heavy atom. The van der Waals surface area contributed by atoms with Gasteiger partial charge in [-0.2, -0.15) is 11.3 Å². The Balaban J connectivity index is 1.65. The van der Waals surface area contributed by atoms with Crippen LogP contribution in [0.4, 0.5) is 0 Å². The number of rotatable bonds is 5. The number of thioether (sulfide) groups is 1. The number of carbonyl (C=O) groups is 2. The summed E-state index contributed by atoms with van der Waals surface area (Å²) in [6.45, 7) is 3.05. The molecule has 0 aliphatic carbocycles. The van der Waals surface area contributed by atoms with E-state index in [0.717, 1.165) is 4.88 Å². The van der Waals surface area contributed by atoms with Gasteiger partial charge in [0.05, 0.1) is 10.1 Å². The smallest absolute Gasteiger partial charge is 0.263 e. The molecule has 0 bridgehead atoms. The van der Waals surface area contributed by atoms with Crippen LogP contribution < -0.4 is 0 Å². The number of hydrogen-bond acceptors (Lipinski definition) is 5. The van der Waals surface area contributed by atoms with E-state index in [0.29, 0.717) is 13.1 Å². The molecular weight excluding hydrogens is 348 g/mol. The van der Waals surface area contributed by atoms with E-state index in [-0.39, 0.29) is 22.4 Å². The van der Waals surface area contributed by atoms with Gasteiger partial charge in [0.15, 0.2) is 0 Å². The van der Waals surface area contributed by atoms with Crippen molar-refractivity contribution >= 4 is 46.2 Å². The lowest BCUT2D eigenvalue weighted by Crippen LogP contribution is -2.38. The Labute approximate surface area is 148 Å². The summed E-state index contributed by atoms with van der Waals surface area (Å²) in [6.07, 6.45) is 0. The molecular formula is C16H18N2O2S3. The van der Waals surface area contributed by atoms with Crippen LogP contribution in [0.15, 0.2) is 34.3 Å². The summed E-state index contributed by atoms with van der Waals surface area (Å²) in [7, 11) is 1.79. The highest BCUT2D eigenvalue weighted by Crippen LogP contribution is 2.43. The van der Waals surface area contributed by atoms with Gasteiger partial charge in [-0.25, -0.2) is 0 Å². The highest BCUT2D eigenvalue weighted by molar-refractivity contribution is 8.01. The summed E-state index contributed by atoms with van der Waals surface area (Å²) < 4.78 is 0. The fraction of sp³-hybridized carbons (Fsp3) is 0.375. The fourth-order valence-corrected chi connectivity index (χ4v) is 5.30. The van der Waals surface area contributed by atoms with Crippen molar-refractivity contribution in [3.05, 3.63) is 44.8 Å². The second-order valence-corrected chi connectivity index (χ2v) is 8.58. The van der Waals surface area contributed by atoms with Gasteiger partial charge < -0.3 is 9.80 Å². The normalized spacial score (nSPS) is 21.0. The first-order valence-electron chi connectivity index (χ1n) is 7.35. The highest BCUT2D eigenvalue weighted by Gasteiger charge is 2.38. The van der Waals surface area contributed by atoms with E-state index in [1.165, 1.54) is 16.9 Å². The number of carbonyl (C=O) groups excluding carboxylic acids is 2. The molecule has 1 aliphatic rings. The Bertz CT molecular complexity index is 670. The van der Waals surface area contributed by atoms with Gasteiger partial charge >= 0.3 is 0 Å². The van der Waals surface area contributed by atoms with Crippen LogP contribution in [0.1, 0.15) is 27.5 Å². The molecule has 23 heavy (non-hydrogen) atoms. The van der Waals surface area contributed by atoms with Gasteiger partial charge in [0, 0.05) is 20.1 Å². The van der Waals surface area contributed by atoms with Crippen LogP contribution in [0.25, 0.3) is 0 Å². The minimum Gasteiger partial charge on any atom is -0.339 e. The molecule has 7 heteroatoms. The summed E-state index contributed by atoms with van der Waals surface area (Å²) in [5.41, 5.74) is 1.17. The molecule has 1 fully saturated rings. The molecule has 122 valence electrons. The topological polar surface area (TPSA) is 40.6 Å². The van der Waals surface area contributed by atoms with Crippen LogP contribution in [0.2, 0.25) is 0 Å². The van der Waals surface area contributed by atoms with Gasteiger partial charge in [-0.15, -0.1) is 23.1 Å². The largest absolute Gasteiger partial charge is 0.339 e. The average molecular weight is 367 g/mol. The Morgan fingerprint density at radius 1 is 1.35 bits per heavy atom. The zero-order valence-corrected chi connectivity index (χ0v) is 15.4. The molecule has 1 saturated heterocycles. The molecule has 0 aromatic carbocycles. The Hall–Kier alpha value is -1.31. The molecule has 2 aromatic rings. The van der Waals surface area contributed by atoms with Crippen LogP contribution in [0.3, 0.4) is 0 Å². The van der Waals surface area contributed by atoms with Gasteiger partial charge in [0.25, 0.3) is 5.91 Å². The van der Waals surface area contributed by atoms with Crippen LogP contribution in [-0.4, -0.2) is 47.0 Å². The Kier molecular flexibility index (Phi) is 5.08. The molecule has 3 heterocycles. The van der Waals surface area contributed by atoms with Gasteiger partial charge in [-0.05, 0) is 40.8 Å². The maximum absolute atomic E-state index is 12.4. The Morgan fingerprint density at radius 3 is 2.83 bits per heavy atom. The van der Waals surface area contributed by atoms with E-state index in [9.17, 15) is 9.59 Å². The van der Waals surface area contributed by atoms with Crippen molar-refractivity contribution in [1.82, 2.24) is 9.80 Å². The monoisotopic (exact) mass is 366 g/mol. The van der Waals surface area contributed by atoms with Crippen molar-refractivity contribution in [2.75, 3.05) is 20.1 Å². The molecule has 4 nitrogen and oxygen atoms in total. The van der Waals surface area contributed by atoms with Crippen molar-refractivity contribution < 1.29 is 9.59 Å². The number of thiophene rings is 2. The standard InChI is InChI=1S/C16H18N2O2S3/c1-11-14(19)18(16(23-11)12-5-9-21-10-12)7-6-17(2)15(20)13-4-3-8-22-13/h3-5,8-11,16H,6-7H2,1-2H3/t11-,16-/m0/s1. The van der Waals surface area contributed by atoms with Gasteiger partial charge in [-0.3, -0.25) is 9.59 Å². The van der Waals surface area contributed by atoms with Crippen LogP contribution in [0.5, 0.6) is 0 Å². The first-order valence-corrected chi connectivity index (χ1v) is 10.1.